The molecule has 186 valence electrons. The quantitative estimate of drug-likeness (QED) is 0.221. The predicted molar refractivity (Wildman–Crippen MR) is 134 cm³/mol. The minimum absolute atomic E-state index is 0.209. The van der Waals surface area contributed by atoms with Gasteiger partial charge in [-0.15, -0.1) is 0 Å². The number of hydrazone groups is 1. The van der Waals surface area contributed by atoms with Gasteiger partial charge in [-0.2, -0.15) is 5.10 Å². The van der Waals surface area contributed by atoms with Gasteiger partial charge in [0.05, 0.1) is 26.0 Å². The van der Waals surface area contributed by atoms with Gasteiger partial charge in [0.15, 0.2) is 23.0 Å². The molecular weight excluding hydrogens is 464 g/mol. The minimum Gasteiger partial charge on any atom is -0.493 e. The Bertz CT molecular complexity index is 1250. The first-order valence-electron chi connectivity index (χ1n) is 10.8. The summed E-state index contributed by atoms with van der Waals surface area (Å²) in [6.45, 7) is 4.16. The van der Waals surface area contributed by atoms with Crippen LogP contribution < -0.4 is 24.4 Å². The summed E-state index contributed by atoms with van der Waals surface area (Å²) >= 11 is 0. The molecule has 1 amide bonds. The van der Waals surface area contributed by atoms with E-state index >= 15 is 0 Å². The molecule has 0 saturated heterocycles. The molecule has 2 N–H and O–H groups in total. The van der Waals surface area contributed by atoms with Crippen molar-refractivity contribution in [2.24, 2.45) is 5.10 Å². The van der Waals surface area contributed by atoms with Crippen LogP contribution >= 0.6 is 0 Å². The fourth-order valence-corrected chi connectivity index (χ4v) is 3.10. The Morgan fingerprint density at radius 3 is 2.19 bits per heavy atom. The maximum Gasteiger partial charge on any atom is 0.335 e. The first kappa shape index (κ1) is 25.8. The zero-order valence-corrected chi connectivity index (χ0v) is 19.9. The molecule has 0 aliphatic carbocycles. The average Bonchev–Trinajstić information content (AvgIpc) is 2.91. The number of aromatic carboxylic acids is 1. The molecule has 3 rings (SSSR count). The molecule has 9 nitrogen and oxygen atoms in total. The number of hydrogen-bond acceptors (Lipinski definition) is 7. The molecular formula is C27H26N2O7. The van der Waals surface area contributed by atoms with Gasteiger partial charge >= 0.3 is 5.97 Å². The van der Waals surface area contributed by atoms with Crippen molar-refractivity contribution in [3.05, 3.63) is 95.6 Å². The number of benzene rings is 3. The highest BCUT2D eigenvalue weighted by molar-refractivity contribution is 5.95. The van der Waals surface area contributed by atoms with E-state index in [2.05, 4.69) is 17.1 Å². The van der Waals surface area contributed by atoms with Gasteiger partial charge in [-0.05, 0) is 59.7 Å². The maximum atomic E-state index is 12.5. The van der Waals surface area contributed by atoms with E-state index in [0.29, 0.717) is 40.7 Å². The molecule has 0 atom stereocenters. The maximum absolute atomic E-state index is 12.5. The lowest BCUT2D eigenvalue weighted by molar-refractivity contribution is 0.0696. The van der Waals surface area contributed by atoms with E-state index in [-0.39, 0.29) is 12.2 Å². The van der Waals surface area contributed by atoms with Gasteiger partial charge in [-0.1, -0.05) is 24.8 Å². The Morgan fingerprint density at radius 2 is 1.53 bits per heavy atom. The largest absolute Gasteiger partial charge is 0.493 e. The number of ether oxygens (including phenoxy) is 4. The lowest BCUT2D eigenvalue weighted by atomic mass is 10.1. The SMILES string of the molecule is C=CCOc1ccc(C(=O)N/N=C/c2ccc(OCc3ccc(C(=O)O)cc3)c(OC)c2)cc1OC. The van der Waals surface area contributed by atoms with E-state index in [1.165, 1.54) is 32.6 Å². The molecule has 0 aliphatic heterocycles. The zero-order chi connectivity index (χ0) is 25.9. The highest BCUT2D eigenvalue weighted by Gasteiger charge is 2.11. The van der Waals surface area contributed by atoms with Crippen molar-refractivity contribution in [2.45, 2.75) is 6.61 Å². The van der Waals surface area contributed by atoms with Crippen LogP contribution in [-0.2, 0) is 6.61 Å². The molecule has 9 heteroatoms. The Labute approximate surface area is 208 Å². The van der Waals surface area contributed by atoms with Crippen LogP contribution in [0.5, 0.6) is 23.0 Å². The fourth-order valence-electron chi connectivity index (χ4n) is 3.10. The Morgan fingerprint density at radius 1 is 0.889 bits per heavy atom. The lowest BCUT2D eigenvalue weighted by Gasteiger charge is -2.11. The van der Waals surface area contributed by atoms with E-state index in [1.54, 1.807) is 54.6 Å². The third-order valence-electron chi connectivity index (χ3n) is 4.95. The number of hydrogen-bond donors (Lipinski definition) is 2. The number of carbonyl (C=O) groups excluding carboxylic acids is 1. The van der Waals surface area contributed by atoms with Gasteiger partial charge in [0, 0.05) is 5.56 Å². The van der Waals surface area contributed by atoms with Gasteiger partial charge in [-0.3, -0.25) is 4.79 Å². The molecule has 0 fully saturated rings. The summed E-state index contributed by atoms with van der Waals surface area (Å²) < 4.78 is 22.0. The zero-order valence-electron chi connectivity index (χ0n) is 19.9. The number of carboxylic acids is 1. The molecule has 36 heavy (non-hydrogen) atoms. The van der Waals surface area contributed by atoms with Crippen molar-refractivity contribution in [1.29, 1.82) is 0 Å². The average molecular weight is 491 g/mol. The van der Waals surface area contributed by atoms with Crippen molar-refractivity contribution < 1.29 is 33.6 Å². The molecule has 0 aliphatic rings. The van der Waals surface area contributed by atoms with Crippen molar-refractivity contribution >= 4 is 18.1 Å². The summed E-state index contributed by atoms with van der Waals surface area (Å²) in [6.07, 6.45) is 3.09. The van der Waals surface area contributed by atoms with Crippen LogP contribution in [0, 0.1) is 0 Å². The van der Waals surface area contributed by atoms with Gasteiger partial charge in [0.25, 0.3) is 5.91 Å². The standard InChI is InChI=1S/C27H26N2O7/c1-4-13-35-22-12-10-21(15-25(22)34-3)26(30)29-28-16-19-7-11-23(24(14-19)33-2)36-17-18-5-8-20(9-6-18)27(31)32/h4-12,14-16H,1,13,17H2,2-3H3,(H,29,30)(H,31,32)/b28-16+. The van der Waals surface area contributed by atoms with E-state index in [0.717, 1.165) is 5.56 Å². The topological polar surface area (TPSA) is 116 Å². The predicted octanol–water partition coefficient (Wildman–Crippen LogP) is 4.31. The number of nitrogens with one attached hydrogen (secondary N) is 1. The molecule has 3 aromatic rings. The number of carbonyl (C=O) groups is 2. The Hall–Kier alpha value is -4.79. The minimum atomic E-state index is -0.982. The number of nitrogens with zero attached hydrogens (tertiary/aromatic N) is 1. The number of methoxy groups -OCH3 is 2. The fraction of sp³-hybridized carbons (Fsp3) is 0.148. The van der Waals surface area contributed by atoms with Crippen LogP contribution in [0.3, 0.4) is 0 Å². The summed E-state index contributed by atoms with van der Waals surface area (Å²) in [7, 11) is 3.01. The van der Waals surface area contributed by atoms with Gasteiger partial charge in [-0.25, -0.2) is 10.2 Å². The van der Waals surface area contributed by atoms with Gasteiger partial charge in [0.1, 0.15) is 13.2 Å². The number of carboxylic acid groups (broad SMARTS) is 1. The van der Waals surface area contributed by atoms with E-state index in [9.17, 15) is 9.59 Å². The first-order chi connectivity index (χ1) is 17.4. The van der Waals surface area contributed by atoms with Crippen LogP contribution in [0.2, 0.25) is 0 Å². The number of rotatable bonds is 12. The van der Waals surface area contributed by atoms with Crippen LogP contribution in [0.25, 0.3) is 0 Å². The van der Waals surface area contributed by atoms with Crippen molar-refractivity contribution in [3.63, 3.8) is 0 Å². The summed E-state index contributed by atoms with van der Waals surface area (Å²) in [4.78, 5) is 23.4. The van der Waals surface area contributed by atoms with Crippen LogP contribution in [-0.4, -0.2) is 44.0 Å². The molecule has 0 radical (unpaired) electrons. The molecule has 0 heterocycles. The van der Waals surface area contributed by atoms with E-state index in [4.69, 9.17) is 24.1 Å². The summed E-state index contributed by atoms with van der Waals surface area (Å²) in [5.41, 5.74) is 4.53. The Kier molecular flexibility index (Phi) is 9.05. The highest BCUT2D eigenvalue weighted by atomic mass is 16.5. The van der Waals surface area contributed by atoms with Crippen LogP contribution in [0.15, 0.2) is 78.4 Å². The summed E-state index contributed by atoms with van der Waals surface area (Å²) in [6, 6.07) is 16.4. The van der Waals surface area contributed by atoms with E-state index < -0.39 is 11.9 Å². The van der Waals surface area contributed by atoms with Crippen molar-refractivity contribution in [1.82, 2.24) is 5.43 Å². The second kappa shape index (κ2) is 12.6. The molecule has 0 aromatic heterocycles. The van der Waals surface area contributed by atoms with Gasteiger partial charge < -0.3 is 24.1 Å². The summed E-state index contributed by atoms with van der Waals surface area (Å²) in [5.74, 6) is 0.514. The van der Waals surface area contributed by atoms with Crippen LogP contribution in [0.4, 0.5) is 0 Å². The first-order valence-corrected chi connectivity index (χ1v) is 10.8. The Balaban J connectivity index is 1.61. The second-order valence-electron chi connectivity index (χ2n) is 7.37. The summed E-state index contributed by atoms with van der Waals surface area (Å²) in [5, 5.41) is 13.0. The third kappa shape index (κ3) is 6.86. The number of amides is 1. The monoisotopic (exact) mass is 490 g/mol. The highest BCUT2D eigenvalue weighted by Crippen LogP contribution is 2.29. The van der Waals surface area contributed by atoms with Gasteiger partial charge in [0.2, 0.25) is 0 Å². The molecule has 0 unspecified atom stereocenters. The van der Waals surface area contributed by atoms with Crippen molar-refractivity contribution in [2.75, 3.05) is 20.8 Å². The molecule has 0 bridgehead atoms. The van der Waals surface area contributed by atoms with Crippen molar-refractivity contribution in [3.8, 4) is 23.0 Å². The van der Waals surface area contributed by atoms with E-state index in [1.807, 2.05) is 0 Å². The lowest BCUT2D eigenvalue weighted by Crippen LogP contribution is -2.17. The molecule has 0 spiro atoms. The smallest absolute Gasteiger partial charge is 0.335 e. The second-order valence-corrected chi connectivity index (χ2v) is 7.37. The normalized spacial score (nSPS) is 10.5. The molecule has 3 aromatic carbocycles. The van der Waals surface area contributed by atoms with Crippen LogP contribution in [0.1, 0.15) is 31.8 Å². The third-order valence-corrected chi connectivity index (χ3v) is 4.95. The molecule has 0 saturated carbocycles.